The number of primary amides is 1. The highest BCUT2D eigenvalue weighted by molar-refractivity contribution is 6.34. The summed E-state index contributed by atoms with van der Waals surface area (Å²) in [6.07, 6.45) is 5.83. The van der Waals surface area contributed by atoms with Crippen molar-refractivity contribution in [2.45, 2.75) is 37.8 Å². The van der Waals surface area contributed by atoms with E-state index in [1.807, 2.05) is 0 Å². The minimum Gasteiger partial charge on any atom is -0.379 e. The summed E-state index contributed by atoms with van der Waals surface area (Å²) in [5.41, 5.74) is 12.9. The molecule has 1 aliphatic rings. The molecule has 138 valence electrons. The smallest absolute Gasteiger partial charge is 0.269 e. The molecule has 2 aromatic rings. The number of carbonyl (C=O) groups is 1. The van der Waals surface area contributed by atoms with Crippen LogP contribution >= 0.6 is 23.2 Å². The van der Waals surface area contributed by atoms with Crippen LogP contribution < -0.4 is 22.1 Å². The van der Waals surface area contributed by atoms with Crippen molar-refractivity contribution in [1.82, 2.24) is 9.97 Å². The van der Waals surface area contributed by atoms with Gasteiger partial charge in [-0.1, -0.05) is 36.0 Å². The maximum Gasteiger partial charge on any atom is 0.269 e. The molecule has 0 unspecified atom stereocenters. The fraction of sp³-hybridized carbons (Fsp3) is 0.353. The van der Waals surface area contributed by atoms with Crippen molar-refractivity contribution in [3.8, 4) is 0 Å². The molecule has 1 aliphatic carbocycles. The molecular weight excluding hydrogens is 375 g/mol. The number of pyridine rings is 2. The van der Waals surface area contributed by atoms with Gasteiger partial charge < -0.3 is 22.1 Å². The molecule has 2 heterocycles. The Morgan fingerprint density at radius 1 is 1.19 bits per heavy atom. The third kappa shape index (κ3) is 4.55. The zero-order chi connectivity index (χ0) is 18.7. The summed E-state index contributed by atoms with van der Waals surface area (Å²) in [6.45, 7) is 0. The Morgan fingerprint density at radius 2 is 1.96 bits per heavy atom. The predicted molar refractivity (Wildman–Crippen MR) is 104 cm³/mol. The maximum atomic E-state index is 11.7. The van der Waals surface area contributed by atoms with Crippen molar-refractivity contribution in [2.75, 3.05) is 10.6 Å². The van der Waals surface area contributed by atoms with Gasteiger partial charge in [0.1, 0.15) is 11.0 Å². The second-order valence-corrected chi connectivity index (χ2v) is 7.13. The Labute approximate surface area is 161 Å². The van der Waals surface area contributed by atoms with E-state index >= 15 is 0 Å². The molecule has 0 spiro atoms. The number of aromatic nitrogens is 2. The van der Waals surface area contributed by atoms with E-state index in [1.165, 1.54) is 6.07 Å². The Bertz CT molecular complexity index is 796. The molecule has 2 aromatic heterocycles. The van der Waals surface area contributed by atoms with Crippen LogP contribution in [0.3, 0.4) is 0 Å². The van der Waals surface area contributed by atoms with Gasteiger partial charge in [-0.2, -0.15) is 0 Å². The van der Waals surface area contributed by atoms with E-state index in [0.29, 0.717) is 16.5 Å². The third-order valence-electron chi connectivity index (χ3n) is 4.31. The lowest BCUT2D eigenvalue weighted by molar-refractivity contribution is 0.0996. The molecule has 1 amide bonds. The Balaban J connectivity index is 1.87. The van der Waals surface area contributed by atoms with Crippen LogP contribution in [0.5, 0.6) is 0 Å². The monoisotopic (exact) mass is 394 g/mol. The first-order valence-corrected chi connectivity index (χ1v) is 9.10. The second-order valence-electron chi connectivity index (χ2n) is 6.30. The number of anilines is 3. The summed E-state index contributed by atoms with van der Waals surface area (Å²) in [5, 5.41) is 7.06. The molecule has 0 aliphatic heterocycles. The van der Waals surface area contributed by atoms with E-state index in [1.54, 1.807) is 18.3 Å². The fourth-order valence-corrected chi connectivity index (χ4v) is 3.53. The van der Waals surface area contributed by atoms with Crippen LogP contribution in [0.1, 0.15) is 36.2 Å². The molecule has 9 heteroatoms. The summed E-state index contributed by atoms with van der Waals surface area (Å²) in [5.74, 6) is -0.264. The van der Waals surface area contributed by atoms with Gasteiger partial charge >= 0.3 is 0 Å². The second kappa shape index (κ2) is 8.07. The van der Waals surface area contributed by atoms with Crippen molar-refractivity contribution in [2.24, 2.45) is 11.5 Å². The first-order chi connectivity index (χ1) is 12.4. The highest BCUT2D eigenvalue weighted by Gasteiger charge is 2.22. The average molecular weight is 395 g/mol. The number of halogens is 2. The predicted octanol–water partition coefficient (Wildman–Crippen LogP) is 3.31. The van der Waals surface area contributed by atoms with Gasteiger partial charge in [0.15, 0.2) is 5.69 Å². The van der Waals surface area contributed by atoms with E-state index in [0.717, 1.165) is 31.4 Å². The van der Waals surface area contributed by atoms with Crippen LogP contribution in [0.4, 0.5) is 17.2 Å². The molecule has 0 aromatic carbocycles. The molecule has 26 heavy (non-hydrogen) atoms. The highest BCUT2D eigenvalue weighted by Crippen LogP contribution is 2.27. The van der Waals surface area contributed by atoms with Crippen LogP contribution in [-0.4, -0.2) is 28.0 Å². The fourth-order valence-electron chi connectivity index (χ4n) is 3.06. The summed E-state index contributed by atoms with van der Waals surface area (Å²) >= 11 is 11.9. The van der Waals surface area contributed by atoms with Crippen molar-refractivity contribution in [1.29, 1.82) is 0 Å². The molecule has 1 fully saturated rings. The lowest BCUT2D eigenvalue weighted by Gasteiger charge is -2.30. The first-order valence-electron chi connectivity index (χ1n) is 8.34. The Kier molecular flexibility index (Phi) is 5.80. The van der Waals surface area contributed by atoms with E-state index in [4.69, 9.17) is 34.7 Å². The van der Waals surface area contributed by atoms with Gasteiger partial charge in [0.05, 0.1) is 17.6 Å². The first kappa shape index (κ1) is 18.7. The average Bonchev–Trinajstić information content (AvgIpc) is 2.56. The minimum atomic E-state index is -0.651. The van der Waals surface area contributed by atoms with Gasteiger partial charge in [0, 0.05) is 17.1 Å². The molecule has 3 rings (SSSR count). The Hall–Kier alpha value is -2.09. The van der Waals surface area contributed by atoms with E-state index in [9.17, 15) is 4.79 Å². The minimum absolute atomic E-state index is 0.0874. The van der Waals surface area contributed by atoms with Crippen LogP contribution in [0, 0.1) is 0 Å². The normalized spacial score (nSPS) is 19.8. The molecule has 7 nitrogen and oxygen atoms in total. The van der Waals surface area contributed by atoms with Crippen molar-refractivity contribution < 1.29 is 4.79 Å². The van der Waals surface area contributed by atoms with Crippen LogP contribution in [0.15, 0.2) is 24.4 Å². The molecular formula is C17H20Cl2N6O. The Morgan fingerprint density at radius 3 is 2.65 bits per heavy atom. The molecule has 0 radical (unpaired) electrons. The van der Waals surface area contributed by atoms with Crippen molar-refractivity contribution >= 4 is 46.3 Å². The topological polar surface area (TPSA) is 119 Å². The van der Waals surface area contributed by atoms with Crippen LogP contribution in [-0.2, 0) is 0 Å². The number of rotatable bonds is 5. The van der Waals surface area contributed by atoms with E-state index in [-0.39, 0.29) is 22.9 Å². The number of amides is 1. The van der Waals surface area contributed by atoms with Gasteiger partial charge in [0.25, 0.3) is 5.91 Å². The molecule has 0 bridgehead atoms. The lowest BCUT2D eigenvalue weighted by Crippen LogP contribution is -2.42. The van der Waals surface area contributed by atoms with Gasteiger partial charge in [-0.25, -0.2) is 9.97 Å². The summed E-state index contributed by atoms with van der Waals surface area (Å²) < 4.78 is 0. The standard InChI is InChI=1S/C17H20Cl2N6O/c18-9-5-14(19)25-15(6-9)24-13-7-10(8-22-16(13)17(21)26)23-12-4-2-1-3-11(12)20/h5-8,11-12,23H,1-4,20H2,(H2,21,26)(H,24,25)/t11-,12+/m0/s1. The molecule has 6 N–H and O–H groups in total. The number of nitrogens with two attached hydrogens (primary N) is 2. The molecule has 2 atom stereocenters. The zero-order valence-electron chi connectivity index (χ0n) is 14.0. The summed E-state index contributed by atoms with van der Waals surface area (Å²) in [6, 6.07) is 5.12. The van der Waals surface area contributed by atoms with Crippen LogP contribution in [0.25, 0.3) is 0 Å². The van der Waals surface area contributed by atoms with Gasteiger partial charge in [0.2, 0.25) is 0 Å². The summed E-state index contributed by atoms with van der Waals surface area (Å²) in [7, 11) is 0. The number of nitrogens with zero attached hydrogens (tertiary/aromatic N) is 2. The van der Waals surface area contributed by atoms with E-state index < -0.39 is 5.91 Å². The van der Waals surface area contributed by atoms with Crippen LogP contribution in [0.2, 0.25) is 10.2 Å². The van der Waals surface area contributed by atoms with Crippen molar-refractivity contribution in [3.05, 3.63) is 40.3 Å². The summed E-state index contributed by atoms with van der Waals surface area (Å²) in [4.78, 5) is 20.0. The number of hydrogen-bond acceptors (Lipinski definition) is 6. The molecule has 1 saturated carbocycles. The third-order valence-corrected chi connectivity index (χ3v) is 4.73. The maximum absolute atomic E-state index is 11.7. The van der Waals surface area contributed by atoms with Crippen molar-refractivity contribution in [3.63, 3.8) is 0 Å². The largest absolute Gasteiger partial charge is 0.379 e. The molecule has 0 saturated heterocycles. The number of hydrogen-bond donors (Lipinski definition) is 4. The lowest BCUT2D eigenvalue weighted by atomic mass is 9.91. The van der Waals surface area contributed by atoms with Gasteiger partial charge in [-0.15, -0.1) is 0 Å². The number of nitrogens with one attached hydrogen (secondary N) is 2. The van der Waals surface area contributed by atoms with E-state index in [2.05, 4.69) is 20.6 Å². The number of carbonyl (C=O) groups excluding carboxylic acids is 1. The SMILES string of the molecule is NC(=O)c1ncc(N[C@@H]2CCCC[C@@H]2N)cc1Nc1cc(Cl)cc(Cl)n1. The zero-order valence-corrected chi connectivity index (χ0v) is 15.5. The van der Waals surface area contributed by atoms with Gasteiger partial charge in [-0.3, -0.25) is 4.79 Å². The van der Waals surface area contributed by atoms with Gasteiger partial charge in [-0.05, 0) is 31.0 Å². The quantitative estimate of drug-likeness (QED) is 0.577. The highest BCUT2D eigenvalue weighted by atomic mass is 35.5.